The molecule has 1 aliphatic carbocycles. The molecular formula is C22H22N2OS2. The fraction of sp³-hybridized carbons (Fsp3) is 0.273. The Labute approximate surface area is 167 Å². The maximum absolute atomic E-state index is 12.8. The molecule has 0 spiro atoms. The number of thiazole rings is 1. The van der Waals surface area contributed by atoms with Gasteiger partial charge in [0.2, 0.25) is 5.91 Å². The van der Waals surface area contributed by atoms with Gasteiger partial charge in [0.1, 0.15) is 0 Å². The third-order valence-corrected chi connectivity index (χ3v) is 6.99. The van der Waals surface area contributed by atoms with Crippen molar-refractivity contribution in [2.75, 3.05) is 12.3 Å². The van der Waals surface area contributed by atoms with Crippen molar-refractivity contribution in [2.45, 2.75) is 23.7 Å². The van der Waals surface area contributed by atoms with Gasteiger partial charge < -0.3 is 5.32 Å². The number of benzene rings is 2. The highest BCUT2D eigenvalue weighted by Crippen LogP contribution is 2.38. The van der Waals surface area contributed by atoms with E-state index >= 15 is 0 Å². The summed E-state index contributed by atoms with van der Waals surface area (Å²) in [4.78, 5) is 18.9. The number of aromatic nitrogens is 1. The Balaban J connectivity index is 1.38. The minimum atomic E-state index is -0.0303. The van der Waals surface area contributed by atoms with E-state index < -0.39 is 0 Å². The van der Waals surface area contributed by atoms with E-state index in [0.29, 0.717) is 6.54 Å². The molecule has 1 aliphatic rings. The standard InChI is InChI=1S/C22H22N2OS2/c25-21(23-14-15-26-16-8-2-1-3-9-16)17-10-4-5-11-18(17)22-24-19-12-6-7-13-20(19)27-22/h1-9,12-13,17-18H,10-11,14-15H2,(H,23,25). The number of carbonyl (C=O) groups excluding carboxylic acids is 1. The molecule has 1 amide bonds. The lowest BCUT2D eigenvalue weighted by molar-refractivity contribution is -0.125. The molecular weight excluding hydrogens is 372 g/mol. The molecule has 0 saturated heterocycles. The van der Waals surface area contributed by atoms with Gasteiger partial charge in [0.25, 0.3) is 0 Å². The van der Waals surface area contributed by atoms with E-state index in [1.54, 1.807) is 23.1 Å². The van der Waals surface area contributed by atoms with E-state index in [4.69, 9.17) is 4.98 Å². The first kappa shape index (κ1) is 18.3. The molecule has 0 aliphatic heterocycles. The lowest BCUT2D eigenvalue weighted by atomic mass is 9.82. The summed E-state index contributed by atoms with van der Waals surface area (Å²) in [6.45, 7) is 0.686. The van der Waals surface area contributed by atoms with E-state index in [-0.39, 0.29) is 17.7 Å². The summed E-state index contributed by atoms with van der Waals surface area (Å²) in [5.74, 6) is 1.17. The van der Waals surface area contributed by atoms with Crippen molar-refractivity contribution in [3.05, 3.63) is 71.8 Å². The van der Waals surface area contributed by atoms with Gasteiger partial charge in [0, 0.05) is 23.1 Å². The van der Waals surface area contributed by atoms with Crippen LogP contribution >= 0.6 is 23.1 Å². The Morgan fingerprint density at radius 2 is 1.85 bits per heavy atom. The van der Waals surface area contributed by atoms with E-state index in [2.05, 4.69) is 35.7 Å². The van der Waals surface area contributed by atoms with Crippen LogP contribution in [-0.2, 0) is 4.79 Å². The fourth-order valence-electron chi connectivity index (χ4n) is 3.42. The summed E-state index contributed by atoms with van der Waals surface area (Å²) < 4.78 is 1.19. The highest BCUT2D eigenvalue weighted by molar-refractivity contribution is 7.99. The number of hydrogen-bond donors (Lipinski definition) is 1. The monoisotopic (exact) mass is 394 g/mol. The van der Waals surface area contributed by atoms with Crippen molar-refractivity contribution in [1.29, 1.82) is 0 Å². The predicted octanol–water partition coefficient (Wildman–Crippen LogP) is 5.25. The van der Waals surface area contributed by atoms with Crippen molar-refractivity contribution in [3.8, 4) is 0 Å². The first-order chi connectivity index (χ1) is 13.3. The van der Waals surface area contributed by atoms with Crippen LogP contribution in [0.4, 0.5) is 0 Å². The second-order valence-corrected chi connectivity index (χ2v) is 8.86. The lowest BCUT2D eigenvalue weighted by Gasteiger charge is -2.26. The minimum absolute atomic E-state index is 0.0303. The Morgan fingerprint density at radius 3 is 2.70 bits per heavy atom. The molecule has 5 heteroatoms. The van der Waals surface area contributed by atoms with Gasteiger partial charge in [-0.15, -0.1) is 23.1 Å². The Kier molecular flexibility index (Phi) is 5.90. The molecule has 2 atom stereocenters. The molecule has 3 aromatic rings. The van der Waals surface area contributed by atoms with Crippen LogP contribution in [-0.4, -0.2) is 23.2 Å². The summed E-state index contributed by atoms with van der Waals surface area (Å²) in [5, 5.41) is 4.22. The third kappa shape index (κ3) is 4.42. The van der Waals surface area contributed by atoms with Crippen LogP contribution in [0, 0.1) is 5.92 Å². The van der Waals surface area contributed by atoms with Crippen LogP contribution in [0.5, 0.6) is 0 Å². The van der Waals surface area contributed by atoms with Crippen LogP contribution < -0.4 is 5.32 Å². The largest absolute Gasteiger partial charge is 0.355 e. The number of rotatable bonds is 6. The summed E-state index contributed by atoms with van der Waals surface area (Å²) >= 11 is 3.49. The molecule has 4 rings (SSSR count). The number of carbonyl (C=O) groups is 1. The quantitative estimate of drug-likeness (QED) is 0.352. The van der Waals surface area contributed by atoms with E-state index in [1.807, 2.05) is 36.4 Å². The number of nitrogens with zero attached hydrogens (tertiary/aromatic N) is 1. The van der Waals surface area contributed by atoms with E-state index in [0.717, 1.165) is 29.1 Å². The summed E-state index contributed by atoms with van der Waals surface area (Å²) in [6.07, 6.45) is 5.99. The van der Waals surface area contributed by atoms with Gasteiger partial charge in [-0.2, -0.15) is 0 Å². The molecule has 2 unspecified atom stereocenters. The average molecular weight is 395 g/mol. The minimum Gasteiger partial charge on any atom is -0.355 e. The number of nitrogens with one attached hydrogen (secondary N) is 1. The van der Waals surface area contributed by atoms with Crippen LogP contribution in [0.15, 0.2) is 71.6 Å². The Bertz CT molecular complexity index is 903. The number of hydrogen-bond acceptors (Lipinski definition) is 4. The molecule has 1 heterocycles. The van der Waals surface area contributed by atoms with Crippen molar-refractivity contribution in [3.63, 3.8) is 0 Å². The van der Waals surface area contributed by atoms with Crippen molar-refractivity contribution >= 4 is 39.2 Å². The van der Waals surface area contributed by atoms with Crippen LogP contribution in [0.1, 0.15) is 23.8 Å². The van der Waals surface area contributed by atoms with Gasteiger partial charge in [-0.1, -0.05) is 42.5 Å². The normalized spacial score (nSPS) is 19.3. The molecule has 0 bridgehead atoms. The molecule has 0 fully saturated rings. The van der Waals surface area contributed by atoms with Crippen molar-refractivity contribution in [1.82, 2.24) is 10.3 Å². The number of para-hydroxylation sites is 1. The lowest BCUT2D eigenvalue weighted by Crippen LogP contribution is -2.36. The third-order valence-electron chi connectivity index (χ3n) is 4.81. The highest BCUT2D eigenvalue weighted by Gasteiger charge is 2.32. The maximum Gasteiger partial charge on any atom is 0.224 e. The fourth-order valence-corrected chi connectivity index (χ4v) is 5.35. The smallest absolute Gasteiger partial charge is 0.224 e. The molecule has 0 saturated carbocycles. The van der Waals surface area contributed by atoms with Gasteiger partial charge in [0.15, 0.2) is 0 Å². The van der Waals surface area contributed by atoms with Gasteiger partial charge >= 0.3 is 0 Å². The topological polar surface area (TPSA) is 42.0 Å². The molecule has 0 radical (unpaired) electrons. The van der Waals surface area contributed by atoms with Crippen molar-refractivity contribution < 1.29 is 4.79 Å². The van der Waals surface area contributed by atoms with Crippen LogP contribution in [0.3, 0.4) is 0 Å². The zero-order valence-electron chi connectivity index (χ0n) is 15.0. The Hall–Kier alpha value is -2.11. The number of allylic oxidation sites excluding steroid dienone is 2. The summed E-state index contributed by atoms with van der Waals surface area (Å²) in [5.41, 5.74) is 1.03. The van der Waals surface area contributed by atoms with Gasteiger partial charge in [0.05, 0.1) is 21.1 Å². The van der Waals surface area contributed by atoms with Crippen LogP contribution in [0.2, 0.25) is 0 Å². The predicted molar refractivity (Wildman–Crippen MR) is 114 cm³/mol. The number of amides is 1. The summed E-state index contributed by atoms with van der Waals surface area (Å²) in [7, 11) is 0. The van der Waals surface area contributed by atoms with Gasteiger partial charge in [-0.05, 0) is 37.1 Å². The molecule has 1 aromatic heterocycles. The van der Waals surface area contributed by atoms with Crippen molar-refractivity contribution in [2.24, 2.45) is 5.92 Å². The van der Waals surface area contributed by atoms with Gasteiger partial charge in [-0.3, -0.25) is 4.79 Å². The summed E-state index contributed by atoms with van der Waals surface area (Å²) in [6, 6.07) is 18.5. The average Bonchev–Trinajstić information content (AvgIpc) is 3.16. The van der Waals surface area contributed by atoms with Crippen LogP contribution in [0.25, 0.3) is 10.2 Å². The molecule has 2 aromatic carbocycles. The molecule has 27 heavy (non-hydrogen) atoms. The van der Waals surface area contributed by atoms with E-state index in [9.17, 15) is 4.79 Å². The van der Waals surface area contributed by atoms with Gasteiger partial charge in [-0.25, -0.2) is 4.98 Å². The zero-order chi connectivity index (χ0) is 18.5. The molecule has 3 nitrogen and oxygen atoms in total. The highest BCUT2D eigenvalue weighted by atomic mass is 32.2. The molecule has 1 N–H and O–H groups in total. The second kappa shape index (κ2) is 8.72. The zero-order valence-corrected chi connectivity index (χ0v) is 16.6. The number of fused-ring (bicyclic) bond motifs is 1. The molecule has 138 valence electrons. The SMILES string of the molecule is O=C(NCCSc1ccccc1)C1CC=CCC1c1nc2ccccc2s1. The second-order valence-electron chi connectivity index (χ2n) is 6.63. The first-order valence-electron chi connectivity index (χ1n) is 9.27. The Morgan fingerprint density at radius 1 is 1.07 bits per heavy atom. The van der Waals surface area contributed by atoms with E-state index in [1.165, 1.54) is 9.60 Å². The number of thioether (sulfide) groups is 1. The maximum atomic E-state index is 12.8. The first-order valence-corrected chi connectivity index (χ1v) is 11.1.